The number of azo groups is 1. The summed E-state index contributed by atoms with van der Waals surface area (Å²) >= 11 is 0. The third-order valence-corrected chi connectivity index (χ3v) is 4.21. The number of aromatic nitrogens is 1. The predicted molar refractivity (Wildman–Crippen MR) is 111 cm³/mol. The molecule has 0 amide bonds. The van der Waals surface area contributed by atoms with Crippen LogP contribution in [0.4, 0.5) is 11.4 Å². The fraction of sp³-hybridized carbons (Fsp3) is 0.455. The molecule has 0 aliphatic carbocycles. The van der Waals surface area contributed by atoms with Crippen LogP contribution in [-0.4, -0.2) is 29.3 Å². The molecule has 2 rings (SSSR count). The number of nitrogens with zero attached hydrogens (tertiary/aromatic N) is 3. The number of carboxylic acid groups (broad SMARTS) is 1. The molecule has 7 heteroatoms. The second-order valence-corrected chi connectivity index (χ2v) is 6.58. The summed E-state index contributed by atoms with van der Waals surface area (Å²) in [5, 5.41) is 17.0. The van der Waals surface area contributed by atoms with Gasteiger partial charge in [-0.2, -0.15) is 10.2 Å². The van der Waals surface area contributed by atoms with Crippen LogP contribution in [0, 0.1) is 0 Å². The van der Waals surface area contributed by atoms with Crippen LogP contribution in [-0.2, 0) is 4.79 Å². The molecule has 0 atom stereocenters. The molecule has 0 saturated heterocycles. The van der Waals surface area contributed by atoms with Gasteiger partial charge in [-0.25, -0.2) is 0 Å². The Balaban J connectivity index is 1.76. The van der Waals surface area contributed by atoms with Crippen molar-refractivity contribution in [1.29, 1.82) is 0 Å². The molecular formula is C22H29N3O4. The summed E-state index contributed by atoms with van der Waals surface area (Å²) < 4.78 is 11.6. The molecule has 1 aromatic heterocycles. The fourth-order valence-corrected chi connectivity index (χ4v) is 2.74. The van der Waals surface area contributed by atoms with Crippen molar-refractivity contribution >= 4 is 17.3 Å². The van der Waals surface area contributed by atoms with Crippen LogP contribution in [0.5, 0.6) is 11.5 Å². The van der Waals surface area contributed by atoms with Crippen LogP contribution in [0.25, 0.3) is 0 Å². The average Bonchev–Trinajstić information content (AvgIpc) is 2.73. The maximum atomic E-state index is 10.5. The third-order valence-electron chi connectivity index (χ3n) is 4.21. The number of benzene rings is 1. The maximum Gasteiger partial charge on any atom is 0.303 e. The van der Waals surface area contributed by atoms with Gasteiger partial charge in [0, 0.05) is 24.9 Å². The lowest BCUT2D eigenvalue weighted by Crippen LogP contribution is -2.01. The molecule has 0 fully saturated rings. The smallest absolute Gasteiger partial charge is 0.303 e. The zero-order chi connectivity index (χ0) is 20.7. The highest BCUT2D eigenvalue weighted by Gasteiger charge is 2.07. The van der Waals surface area contributed by atoms with Gasteiger partial charge in [0.05, 0.1) is 24.6 Å². The van der Waals surface area contributed by atoms with Gasteiger partial charge in [0.1, 0.15) is 0 Å². The highest BCUT2D eigenvalue weighted by atomic mass is 16.5. The van der Waals surface area contributed by atoms with Crippen molar-refractivity contribution in [3.8, 4) is 11.5 Å². The Labute approximate surface area is 171 Å². The Kier molecular flexibility index (Phi) is 10.2. The average molecular weight is 399 g/mol. The van der Waals surface area contributed by atoms with E-state index in [4.69, 9.17) is 14.6 Å². The first-order valence-corrected chi connectivity index (χ1v) is 10.1. The van der Waals surface area contributed by atoms with E-state index in [1.54, 1.807) is 24.5 Å². The molecule has 1 heterocycles. The van der Waals surface area contributed by atoms with Crippen molar-refractivity contribution in [2.24, 2.45) is 10.2 Å². The minimum absolute atomic E-state index is 0.265. The third kappa shape index (κ3) is 9.19. The minimum Gasteiger partial charge on any atom is -0.490 e. The topological polar surface area (TPSA) is 93.4 Å². The van der Waals surface area contributed by atoms with Gasteiger partial charge >= 0.3 is 5.97 Å². The van der Waals surface area contributed by atoms with E-state index in [1.165, 1.54) is 0 Å². The van der Waals surface area contributed by atoms with Crippen LogP contribution in [0.3, 0.4) is 0 Å². The first-order valence-electron chi connectivity index (χ1n) is 10.1. The van der Waals surface area contributed by atoms with Crippen molar-refractivity contribution < 1.29 is 19.4 Å². The van der Waals surface area contributed by atoms with Crippen LogP contribution in [0.2, 0.25) is 0 Å². The summed E-state index contributed by atoms with van der Waals surface area (Å²) in [5.74, 6) is 0.650. The Morgan fingerprint density at radius 3 is 2.31 bits per heavy atom. The molecule has 0 unspecified atom stereocenters. The molecule has 0 bridgehead atoms. The van der Waals surface area contributed by atoms with E-state index in [2.05, 4.69) is 15.2 Å². The van der Waals surface area contributed by atoms with Crippen molar-refractivity contribution in [2.45, 2.75) is 51.9 Å². The van der Waals surface area contributed by atoms with Crippen LogP contribution < -0.4 is 9.47 Å². The van der Waals surface area contributed by atoms with Gasteiger partial charge in [0.25, 0.3) is 0 Å². The van der Waals surface area contributed by atoms with Gasteiger partial charge in [-0.05, 0) is 44.0 Å². The molecule has 0 aliphatic rings. The lowest BCUT2D eigenvalue weighted by molar-refractivity contribution is -0.137. The summed E-state index contributed by atoms with van der Waals surface area (Å²) in [7, 11) is 0. The summed E-state index contributed by atoms with van der Waals surface area (Å²) in [6, 6.07) is 9.11. The van der Waals surface area contributed by atoms with E-state index < -0.39 is 5.97 Å². The molecular weight excluding hydrogens is 370 g/mol. The number of rotatable bonds is 14. The molecule has 2 aromatic rings. The van der Waals surface area contributed by atoms with Gasteiger partial charge in [-0.3, -0.25) is 9.78 Å². The predicted octanol–water partition coefficient (Wildman–Crippen LogP) is 6.09. The Bertz CT molecular complexity index is 766. The lowest BCUT2D eigenvalue weighted by atomic mass is 10.1. The summed E-state index contributed by atoms with van der Waals surface area (Å²) in [6.45, 7) is 3.09. The SMILES string of the molecule is CCOc1cc(N=Nc2ccncc2)ccc1OCCCCCCCCC(=O)O. The second-order valence-electron chi connectivity index (χ2n) is 6.58. The summed E-state index contributed by atoms with van der Waals surface area (Å²) in [4.78, 5) is 14.4. The number of hydrogen-bond donors (Lipinski definition) is 1. The second kappa shape index (κ2) is 13.3. The molecule has 0 saturated carbocycles. The Morgan fingerprint density at radius 1 is 0.897 bits per heavy atom. The molecule has 1 N–H and O–H groups in total. The van der Waals surface area contributed by atoms with Gasteiger partial charge in [0.2, 0.25) is 0 Å². The number of carboxylic acids is 1. The van der Waals surface area contributed by atoms with E-state index >= 15 is 0 Å². The van der Waals surface area contributed by atoms with Gasteiger partial charge in [0.15, 0.2) is 11.5 Å². The monoisotopic (exact) mass is 399 g/mol. The molecule has 156 valence electrons. The van der Waals surface area contributed by atoms with Crippen LogP contribution in [0.1, 0.15) is 51.9 Å². The standard InChI is InChI=1S/C22H29N3O4/c1-2-28-21-17-19(25-24-18-12-14-23-15-13-18)10-11-20(21)29-16-8-6-4-3-5-7-9-22(26)27/h10-15,17H,2-9,16H2,1H3,(H,26,27). The van der Waals surface area contributed by atoms with Crippen molar-refractivity contribution in [1.82, 2.24) is 4.98 Å². The van der Waals surface area contributed by atoms with Crippen molar-refractivity contribution in [3.63, 3.8) is 0 Å². The number of carbonyl (C=O) groups is 1. The van der Waals surface area contributed by atoms with Crippen molar-refractivity contribution in [2.75, 3.05) is 13.2 Å². The molecule has 0 aliphatic heterocycles. The maximum absolute atomic E-state index is 10.5. The molecule has 29 heavy (non-hydrogen) atoms. The van der Waals surface area contributed by atoms with E-state index in [9.17, 15) is 4.79 Å². The lowest BCUT2D eigenvalue weighted by Gasteiger charge is -2.12. The van der Waals surface area contributed by atoms with Gasteiger partial charge in [-0.1, -0.05) is 25.7 Å². The zero-order valence-corrected chi connectivity index (χ0v) is 16.9. The molecule has 7 nitrogen and oxygen atoms in total. The number of pyridine rings is 1. The van der Waals surface area contributed by atoms with E-state index in [0.717, 1.165) is 44.2 Å². The van der Waals surface area contributed by atoms with E-state index in [0.29, 0.717) is 30.4 Å². The van der Waals surface area contributed by atoms with Crippen molar-refractivity contribution in [3.05, 3.63) is 42.7 Å². The first kappa shape index (κ1) is 22.3. The molecule has 0 radical (unpaired) electrons. The normalized spacial score (nSPS) is 10.9. The number of aliphatic carboxylic acids is 1. The number of unbranched alkanes of at least 4 members (excludes halogenated alkanes) is 5. The van der Waals surface area contributed by atoms with Crippen LogP contribution >= 0.6 is 0 Å². The van der Waals surface area contributed by atoms with Crippen LogP contribution in [0.15, 0.2) is 53.0 Å². The Morgan fingerprint density at radius 2 is 1.59 bits per heavy atom. The summed E-state index contributed by atoms with van der Waals surface area (Å²) in [6.07, 6.45) is 9.51. The zero-order valence-electron chi connectivity index (χ0n) is 16.9. The highest BCUT2D eigenvalue weighted by Crippen LogP contribution is 2.32. The summed E-state index contributed by atoms with van der Waals surface area (Å²) in [5.41, 5.74) is 1.43. The first-order chi connectivity index (χ1) is 14.2. The van der Waals surface area contributed by atoms with E-state index in [1.807, 2.05) is 25.1 Å². The van der Waals surface area contributed by atoms with Gasteiger partial charge < -0.3 is 14.6 Å². The molecule has 0 spiro atoms. The highest BCUT2D eigenvalue weighted by molar-refractivity contribution is 5.66. The fourth-order valence-electron chi connectivity index (χ4n) is 2.74. The molecule has 1 aromatic carbocycles. The number of hydrogen-bond acceptors (Lipinski definition) is 6. The number of ether oxygens (including phenoxy) is 2. The minimum atomic E-state index is -0.714. The quantitative estimate of drug-likeness (QED) is 0.306. The largest absolute Gasteiger partial charge is 0.490 e. The van der Waals surface area contributed by atoms with Gasteiger partial charge in [-0.15, -0.1) is 0 Å². The Hall–Kier alpha value is -2.96. The van der Waals surface area contributed by atoms with E-state index in [-0.39, 0.29) is 6.42 Å².